The molecule has 0 radical (unpaired) electrons. The number of nitrogens with one attached hydrogen (secondary N) is 1. The van der Waals surface area contributed by atoms with Gasteiger partial charge in [0, 0.05) is 11.0 Å². The molecule has 0 fully saturated rings. The quantitative estimate of drug-likeness (QED) is 0.710. The molecule has 0 aromatic carbocycles. The Morgan fingerprint density at radius 3 is 2.85 bits per heavy atom. The summed E-state index contributed by atoms with van der Waals surface area (Å²) in [5.74, 6) is 0.371. The summed E-state index contributed by atoms with van der Waals surface area (Å²) in [6.07, 6.45) is 8.44. The molecule has 3 rings (SSSR count). The van der Waals surface area contributed by atoms with Gasteiger partial charge in [-0.25, -0.2) is 0 Å². The maximum atomic E-state index is 12.3. The highest BCUT2D eigenvalue weighted by atomic mass is 32.1. The van der Waals surface area contributed by atoms with Crippen LogP contribution in [0.1, 0.15) is 60.2 Å². The van der Waals surface area contributed by atoms with Crippen molar-refractivity contribution < 1.29 is 14.0 Å². The van der Waals surface area contributed by atoms with Gasteiger partial charge in [-0.1, -0.05) is 27.2 Å². The third-order valence-electron chi connectivity index (χ3n) is 5.71. The Balaban J connectivity index is 1.82. The van der Waals surface area contributed by atoms with Crippen LogP contribution in [-0.2, 0) is 17.6 Å². The Hall–Kier alpha value is -2.34. The third-order valence-corrected chi connectivity index (χ3v) is 6.88. The number of anilines is 1. The van der Waals surface area contributed by atoms with E-state index in [1.54, 1.807) is 24.5 Å². The van der Waals surface area contributed by atoms with Crippen molar-refractivity contribution in [1.29, 1.82) is 0 Å². The highest BCUT2D eigenvalue weighted by molar-refractivity contribution is 7.17. The number of carbonyl (C=O) groups is 2. The molecule has 0 saturated heterocycles. The number of hydrogen-bond acceptors (Lipinski definition) is 4. The molecule has 0 unspecified atom stereocenters. The monoisotopic (exact) mass is 386 g/mol. The molecular weight excluding hydrogens is 360 g/mol. The van der Waals surface area contributed by atoms with Gasteiger partial charge >= 0.3 is 0 Å². The third kappa shape index (κ3) is 4.16. The summed E-state index contributed by atoms with van der Waals surface area (Å²) < 4.78 is 5.18. The van der Waals surface area contributed by atoms with Gasteiger partial charge in [-0.3, -0.25) is 9.59 Å². The number of primary amides is 1. The number of carbonyl (C=O) groups excluding carboxylic acids is 2. The molecule has 1 atom stereocenters. The molecule has 6 heteroatoms. The zero-order valence-electron chi connectivity index (χ0n) is 16.0. The average Bonchev–Trinajstić information content (AvgIpc) is 3.26. The number of nitrogens with two attached hydrogens (primary N) is 1. The van der Waals surface area contributed by atoms with E-state index in [0.717, 1.165) is 31.2 Å². The maximum Gasteiger partial charge on any atom is 0.251 e. The summed E-state index contributed by atoms with van der Waals surface area (Å²) in [6.45, 7) is 6.82. The lowest BCUT2D eigenvalue weighted by atomic mass is 9.69. The van der Waals surface area contributed by atoms with E-state index >= 15 is 0 Å². The van der Waals surface area contributed by atoms with Gasteiger partial charge in [0.2, 0.25) is 5.91 Å². The number of furan rings is 1. The first-order valence-electron chi connectivity index (χ1n) is 9.28. The van der Waals surface area contributed by atoms with Crippen molar-refractivity contribution in [2.45, 2.75) is 46.5 Å². The van der Waals surface area contributed by atoms with Gasteiger partial charge in [-0.15, -0.1) is 11.3 Å². The first-order chi connectivity index (χ1) is 12.8. The van der Waals surface area contributed by atoms with Crippen LogP contribution in [0.4, 0.5) is 5.00 Å². The average molecular weight is 387 g/mol. The normalized spacial score (nSPS) is 17.1. The number of rotatable bonds is 6. The fourth-order valence-corrected chi connectivity index (χ4v) is 4.92. The van der Waals surface area contributed by atoms with Crippen LogP contribution in [-0.4, -0.2) is 11.8 Å². The largest absolute Gasteiger partial charge is 0.465 e. The summed E-state index contributed by atoms with van der Waals surface area (Å²) in [4.78, 5) is 25.5. The van der Waals surface area contributed by atoms with Crippen molar-refractivity contribution in [2.24, 2.45) is 17.1 Å². The van der Waals surface area contributed by atoms with Crippen molar-refractivity contribution in [3.05, 3.63) is 46.2 Å². The van der Waals surface area contributed by atoms with Crippen LogP contribution in [0, 0.1) is 11.3 Å². The Morgan fingerprint density at radius 1 is 1.44 bits per heavy atom. The standard InChI is InChI=1S/C21H26N2O3S/c1-4-21(2,3)13-7-9-15-16(12-13)27-20(18(15)19(22)25)23-17(24)10-8-14-6-5-11-26-14/h5-6,8,10-11,13H,4,7,9,12H2,1-3H3,(H2,22,25)(H,23,24)/b10-8+/t13-/m1/s1. The van der Waals surface area contributed by atoms with Crippen LogP contribution < -0.4 is 11.1 Å². The zero-order chi connectivity index (χ0) is 19.6. The van der Waals surface area contributed by atoms with E-state index in [9.17, 15) is 9.59 Å². The van der Waals surface area contributed by atoms with Crippen LogP contribution in [0.3, 0.4) is 0 Å². The van der Waals surface area contributed by atoms with Gasteiger partial charge < -0.3 is 15.5 Å². The minimum Gasteiger partial charge on any atom is -0.465 e. The maximum absolute atomic E-state index is 12.3. The van der Waals surface area contributed by atoms with Crippen molar-refractivity contribution in [2.75, 3.05) is 5.32 Å². The van der Waals surface area contributed by atoms with E-state index in [0.29, 0.717) is 22.2 Å². The van der Waals surface area contributed by atoms with E-state index in [4.69, 9.17) is 10.2 Å². The molecule has 3 N–H and O–H groups in total. The summed E-state index contributed by atoms with van der Waals surface area (Å²) in [5, 5.41) is 3.38. The number of amides is 2. The molecule has 1 aliphatic rings. The molecular formula is C21H26N2O3S. The SMILES string of the molecule is CCC(C)(C)[C@@H]1CCc2c(sc(NC(=O)/C=C/c3ccco3)c2C(N)=O)C1. The second-order valence-corrected chi connectivity index (χ2v) is 8.80. The molecule has 2 amide bonds. The predicted octanol–water partition coefficient (Wildman–Crippen LogP) is 4.63. The first kappa shape index (κ1) is 19.4. The molecule has 0 aliphatic heterocycles. The molecule has 0 spiro atoms. The molecule has 0 bridgehead atoms. The van der Waals surface area contributed by atoms with Crippen LogP contribution in [0.5, 0.6) is 0 Å². The second kappa shape index (κ2) is 7.72. The van der Waals surface area contributed by atoms with E-state index in [1.807, 2.05) is 0 Å². The highest BCUT2D eigenvalue weighted by Gasteiger charge is 2.34. The Morgan fingerprint density at radius 2 is 2.22 bits per heavy atom. The fourth-order valence-electron chi connectivity index (χ4n) is 3.59. The summed E-state index contributed by atoms with van der Waals surface area (Å²) in [6, 6.07) is 3.52. The Kier molecular flexibility index (Phi) is 5.56. The zero-order valence-corrected chi connectivity index (χ0v) is 16.8. The van der Waals surface area contributed by atoms with Crippen LogP contribution >= 0.6 is 11.3 Å². The number of hydrogen-bond donors (Lipinski definition) is 2. The lowest BCUT2D eigenvalue weighted by Crippen LogP contribution is -2.29. The molecule has 2 aromatic heterocycles. The highest BCUT2D eigenvalue weighted by Crippen LogP contribution is 2.45. The molecule has 0 saturated carbocycles. The van der Waals surface area contributed by atoms with E-state index < -0.39 is 5.91 Å². The van der Waals surface area contributed by atoms with Crippen LogP contribution in [0.2, 0.25) is 0 Å². The Bertz CT molecular complexity index is 862. The Labute approximate surface area is 163 Å². The molecule has 2 heterocycles. The summed E-state index contributed by atoms with van der Waals surface area (Å²) in [7, 11) is 0. The summed E-state index contributed by atoms with van der Waals surface area (Å²) in [5.41, 5.74) is 7.38. The van der Waals surface area contributed by atoms with E-state index in [2.05, 4.69) is 26.1 Å². The smallest absolute Gasteiger partial charge is 0.251 e. The lowest BCUT2D eigenvalue weighted by Gasteiger charge is -2.36. The van der Waals surface area contributed by atoms with Crippen molar-refractivity contribution >= 4 is 34.2 Å². The van der Waals surface area contributed by atoms with Gasteiger partial charge in [0.05, 0.1) is 11.8 Å². The molecule has 2 aromatic rings. The molecule has 144 valence electrons. The number of thiophene rings is 1. The molecule has 27 heavy (non-hydrogen) atoms. The van der Waals surface area contributed by atoms with E-state index in [1.165, 1.54) is 22.3 Å². The molecule has 5 nitrogen and oxygen atoms in total. The second-order valence-electron chi connectivity index (χ2n) is 7.69. The van der Waals surface area contributed by atoms with Crippen molar-refractivity contribution in [1.82, 2.24) is 0 Å². The predicted molar refractivity (Wildman–Crippen MR) is 109 cm³/mol. The summed E-state index contributed by atoms with van der Waals surface area (Å²) >= 11 is 1.48. The lowest BCUT2D eigenvalue weighted by molar-refractivity contribution is -0.111. The van der Waals surface area contributed by atoms with Crippen LogP contribution in [0.25, 0.3) is 6.08 Å². The number of fused-ring (bicyclic) bond motifs is 1. The minimum atomic E-state index is -0.481. The first-order valence-corrected chi connectivity index (χ1v) is 10.1. The molecule has 1 aliphatic carbocycles. The van der Waals surface area contributed by atoms with Gasteiger partial charge in [0.25, 0.3) is 5.91 Å². The van der Waals surface area contributed by atoms with Crippen molar-refractivity contribution in [3.63, 3.8) is 0 Å². The van der Waals surface area contributed by atoms with Gasteiger partial charge in [-0.2, -0.15) is 0 Å². The van der Waals surface area contributed by atoms with E-state index in [-0.39, 0.29) is 11.3 Å². The van der Waals surface area contributed by atoms with Gasteiger partial charge in [0.15, 0.2) is 0 Å². The fraction of sp³-hybridized carbons (Fsp3) is 0.429. The van der Waals surface area contributed by atoms with Gasteiger partial charge in [-0.05, 0) is 54.4 Å². The minimum absolute atomic E-state index is 0.254. The van der Waals surface area contributed by atoms with Crippen molar-refractivity contribution in [3.8, 4) is 0 Å². The topological polar surface area (TPSA) is 85.3 Å². The van der Waals surface area contributed by atoms with Gasteiger partial charge in [0.1, 0.15) is 10.8 Å². The van der Waals surface area contributed by atoms with Crippen LogP contribution in [0.15, 0.2) is 28.9 Å².